The Labute approximate surface area is 197 Å². The number of hydrogen-bond acceptors (Lipinski definition) is 6. The van der Waals surface area contributed by atoms with Crippen LogP contribution in [-0.4, -0.2) is 63.5 Å². The molecule has 4 rings (SSSR count). The SMILES string of the molecule is COc1cc(C(=O)N2CC[C@]3(c4cccc(F)c4F)OCOC3C2)ccc1OCCOC(F)(F)F. The zero-order valence-corrected chi connectivity index (χ0v) is 18.6. The summed E-state index contributed by atoms with van der Waals surface area (Å²) in [6.45, 7) is -0.958. The first-order valence-electron chi connectivity index (χ1n) is 10.7. The van der Waals surface area contributed by atoms with E-state index >= 15 is 0 Å². The van der Waals surface area contributed by atoms with Crippen molar-refractivity contribution in [2.75, 3.05) is 40.2 Å². The first-order valence-corrected chi connectivity index (χ1v) is 10.7. The fraction of sp³-hybridized carbons (Fsp3) is 0.435. The number of nitrogens with zero attached hydrogens (tertiary/aromatic N) is 1. The van der Waals surface area contributed by atoms with Gasteiger partial charge in [-0.1, -0.05) is 12.1 Å². The molecule has 12 heteroatoms. The van der Waals surface area contributed by atoms with Crippen LogP contribution < -0.4 is 9.47 Å². The van der Waals surface area contributed by atoms with Gasteiger partial charge in [0.25, 0.3) is 5.91 Å². The standard InChI is InChI=1S/C23H22F5NO6/c1-31-18-11-14(5-6-17(18)32-9-10-34-23(26,27)28)21(30)29-8-7-22(19(12-29)33-13-35-22)15-3-2-4-16(24)20(15)25/h2-6,11,19H,7-10,12-13H2,1H3/t19?,22-/m1/s1. The largest absolute Gasteiger partial charge is 0.522 e. The summed E-state index contributed by atoms with van der Waals surface area (Å²) in [6.07, 6.45) is -5.29. The molecule has 2 atom stereocenters. The molecule has 0 aliphatic carbocycles. The second-order valence-corrected chi connectivity index (χ2v) is 7.92. The molecule has 2 saturated heterocycles. The Kier molecular flexibility index (Phi) is 7.15. The number of rotatable bonds is 7. The summed E-state index contributed by atoms with van der Waals surface area (Å²) in [4.78, 5) is 14.7. The van der Waals surface area contributed by atoms with E-state index in [-0.39, 0.29) is 61.4 Å². The van der Waals surface area contributed by atoms with Crippen LogP contribution in [0.5, 0.6) is 11.5 Å². The van der Waals surface area contributed by atoms with E-state index in [4.69, 9.17) is 18.9 Å². The van der Waals surface area contributed by atoms with E-state index in [1.54, 1.807) is 0 Å². The van der Waals surface area contributed by atoms with Crippen molar-refractivity contribution in [3.05, 3.63) is 59.2 Å². The second kappa shape index (κ2) is 9.96. The number of amides is 1. The van der Waals surface area contributed by atoms with Gasteiger partial charge in [-0.25, -0.2) is 8.78 Å². The fourth-order valence-corrected chi connectivity index (χ4v) is 4.29. The molecule has 2 aromatic rings. The average molecular weight is 503 g/mol. The highest BCUT2D eigenvalue weighted by atomic mass is 19.4. The van der Waals surface area contributed by atoms with E-state index in [2.05, 4.69) is 4.74 Å². The van der Waals surface area contributed by atoms with Gasteiger partial charge in [0, 0.05) is 24.1 Å². The van der Waals surface area contributed by atoms with Crippen molar-refractivity contribution in [3.8, 4) is 11.5 Å². The number of ether oxygens (including phenoxy) is 5. The van der Waals surface area contributed by atoms with Crippen LogP contribution in [0.4, 0.5) is 22.0 Å². The smallest absolute Gasteiger partial charge is 0.493 e. The summed E-state index contributed by atoms with van der Waals surface area (Å²) in [5.41, 5.74) is -0.925. The highest BCUT2D eigenvalue weighted by Gasteiger charge is 2.52. The summed E-state index contributed by atoms with van der Waals surface area (Å²) in [7, 11) is 1.33. The van der Waals surface area contributed by atoms with Gasteiger partial charge < -0.3 is 23.8 Å². The number of fused-ring (bicyclic) bond motifs is 1. The summed E-state index contributed by atoms with van der Waals surface area (Å²) in [6, 6.07) is 8.12. The molecule has 0 bridgehead atoms. The number of halogens is 5. The van der Waals surface area contributed by atoms with Gasteiger partial charge in [0.05, 0.1) is 20.3 Å². The Morgan fingerprint density at radius 2 is 1.97 bits per heavy atom. The van der Waals surface area contributed by atoms with E-state index in [0.29, 0.717) is 0 Å². The van der Waals surface area contributed by atoms with Crippen molar-refractivity contribution in [3.63, 3.8) is 0 Å². The highest BCUT2D eigenvalue weighted by Crippen LogP contribution is 2.44. The van der Waals surface area contributed by atoms with Gasteiger partial charge in [-0.2, -0.15) is 0 Å². The van der Waals surface area contributed by atoms with Gasteiger partial charge in [0.1, 0.15) is 25.1 Å². The molecule has 2 aromatic carbocycles. The molecule has 7 nitrogen and oxygen atoms in total. The Bertz CT molecular complexity index is 1080. The average Bonchev–Trinajstić information content (AvgIpc) is 3.26. The molecule has 0 saturated carbocycles. The minimum atomic E-state index is -4.76. The molecule has 0 radical (unpaired) electrons. The molecule has 2 fully saturated rings. The summed E-state index contributed by atoms with van der Waals surface area (Å²) in [5, 5.41) is 0. The van der Waals surface area contributed by atoms with E-state index in [9.17, 15) is 26.7 Å². The third-order valence-electron chi connectivity index (χ3n) is 5.96. The molecule has 1 amide bonds. The van der Waals surface area contributed by atoms with E-state index in [0.717, 1.165) is 6.07 Å². The lowest BCUT2D eigenvalue weighted by Gasteiger charge is -2.42. The van der Waals surface area contributed by atoms with Gasteiger partial charge in [-0.15, -0.1) is 13.2 Å². The fourth-order valence-electron chi connectivity index (χ4n) is 4.29. The van der Waals surface area contributed by atoms with E-state index in [1.165, 1.54) is 42.3 Å². The normalized spacial score (nSPS) is 22.1. The Balaban J connectivity index is 1.45. The van der Waals surface area contributed by atoms with Gasteiger partial charge in [0.15, 0.2) is 23.1 Å². The summed E-state index contributed by atoms with van der Waals surface area (Å²) in [5.74, 6) is -2.09. The molecular weight excluding hydrogens is 481 g/mol. The Morgan fingerprint density at radius 1 is 1.17 bits per heavy atom. The first kappa shape index (κ1) is 25.1. The van der Waals surface area contributed by atoms with Gasteiger partial charge in [-0.05, 0) is 24.3 Å². The van der Waals surface area contributed by atoms with E-state index in [1.807, 2.05) is 0 Å². The number of benzene rings is 2. The molecule has 2 heterocycles. The molecule has 35 heavy (non-hydrogen) atoms. The van der Waals surface area contributed by atoms with Crippen molar-refractivity contribution in [2.45, 2.75) is 24.5 Å². The first-order chi connectivity index (χ1) is 16.6. The van der Waals surface area contributed by atoms with Crippen molar-refractivity contribution in [1.29, 1.82) is 0 Å². The molecular formula is C23H22F5NO6. The van der Waals surface area contributed by atoms with Crippen LogP contribution in [0, 0.1) is 11.6 Å². The number of likely N-dealkylation sites (tertiary alicyclic amines) is 1. The van der Waals surface area contributed by atoms with Crippen LogP contribution in [0.3, 0.4) is 0 Å². The minimum Gasteiger partial charge on any atom is -0.493 e. The lowest BCUT2D eigenvalue weighted by molar-refractivity contribution is -0.325. The molecule has 0 spiro atoms. The van der Waals surface area contributed by atoms with Crippen LogP contribution in [0.25, 0.3) is 0 Å². The number of hydrogen-bond donors (Lipinski definition) is 0. The topological polar surface area (TPSA) is 66.5 Å². The second-order valence-electron chi connectivity index (χ2n) is 7.92. The quantitative estimate of drug-likeness (QED) is 0.421. The van der Waals surface area contributed by atoms with Gasteiger partial charge >= 0.3 is 6.36 Å². The molecule has 2 aliphatic heterocycles. The van der Waals surface area contributed by atoms with Crippen LogP contribution in [0.2, 0.25) is 0 Å². The monoisotopic (exact) mass is 503 g/mol. The van der Waals surface area contributed by atoms with Crippen molar-refractivity contribution >= 4 is 5.91 Å². The zero-order valence-electron chi connectivity index (χ0n) is 18.6. The number of carbonyl (C=O) groups excluding carboxylic acids is 1. The van der Waals surface area contributed by atoms with Crippen molar-refractivity contribution in [1.82, 2.24) is 4.90 Å². The summed E-state index contributed by atoms with van der Waals surface area (Å²) < 4.78 is 90.2. The summed E-state index contributed by atoms with van der Waals surface area (Å²) >= 11 is 0. The van der Waals surface area contributed by atoms with Crippen LogP contribution in [-0.2, 0) is 19.8 Å². The Hall–Kier alpha value is -2.96. The number of piperidine rings is 1. The number of alkyl halides is 3. The molecule has 0 aromatic heterocycles. The lowest BCUT2D eigenvalue weighted by atomic mass is 9.81. The maximum atomic E-state index is 14.6. The molecule has 0 N–H and O–H groups in total. The highest BCUT2D eigenvalue weighted by molar-refractivity contribution is 5.95. The van der Waals surface area contributed by atoms with Crippen LogP contribution in [0.1, 0.15) is 22.3 Å². The molecule has 1 unspecified atom stereocenters. The molecule has 2 aliphatic rings. The third-order valence-corrected chi connectivity index (χ3v) is 5.96. The van der Waals surface area contributed by atoms with Crippen LogP contribution in [0.15, 0.2) is 36.4 Å². The zero-order chi connectivity index (χ0) is 25.2. The Morgan fingerprint density at radius 3 is 2.71 bits per heavy atom. The van der Waals surface area contributed by atoms with Crippen molar-refractivity contribution in [2.24, 2.45) is 0 Å². The van der Waals surface area contributed by atoms with Crippen molar-refractivity contribution < 1.29 is 50.4 Å². The predicted octanol–water partition coefficient (Wildman–Crippen LogP) is 4.00. The maximum Gasteiger partial charge on any atom is 0.522 e. The third kappa shape index (κ3) is 5.19. The number of carbonyl (C=O) groups is 1. The lowest BCUT2D eigenvalue weighted by Crippen LogP contribution is -2.54. The van der Waals surface area contributed by atoms with Gasteiger partial charge in [0.2, 0.25) is 0 Å². The van der Waals surface area contributed by atoms with Gasteiger partial charge in [-0.3, -0.25) is 9.53 Å². The maximum absolute atomic E-state index is 14.6. The van der Waals surface area contributed by atoms with E-state index < -0.39 is 36.3 Å². The predicted molar refractivity (Wildman–Crippen MR) is 110 cm³/mol. The minimum absolute atomic E-state index is 0.0461. The van der Waals surface area contributed by atoms with Crippen LogP contribution >= 0.6 is 0 Å². The molecule has 190 valence electrons. The number of methoxy groups -OCH3 is 1.